The third-order valence-electron chi connectivity index (χ3n) is 3.32. The van der Waals surface area contributed by atoms with Crippen LogP contribution < -0.4 is 5.73 Å². The summed E-state index contributed by atoms with van der Waals surface area (Å²) in [6.07, 6.45) is 3.72. The zero-order valence-electron chi connectivity index (χ0n) is 8.29. The Hall–Kier alpha value is -1.31. The zero-order chi connectivity index (χ0) is 9.54. The first-order chi connectivity index (χ1) is 6.84. The van der Waals surface area contributed by atoms with Crippen LogP contribution >= 0.6 is 0 Å². The van der Waals surface area contributed by atoms with Crippen LogP contribution in [-0.4, -0.2) is 23.4 Å². The lowest BCUT2D eigenvalue weighted by Gasteiger charge is -2.14. The highest BCUT2D eigenvalue weighted by molar-refractivity contribution is 6.00. The van der Waals surface area contributed by atoms with Crippen molar-refractivity contribution in [3.63, 3.8) is 0 Å². The van der Waals surface area contributed by atoms with Crippen molar-refractivity contribution in [3.05, 3.63) is 29.3 Å². The van der Waals surface area contributed by atoms with Crippen LogP contribution in [0.25, 0.3) is 0 Å². The standard InChI is InChI=1S/C12H15N2/c13-10-4-3-9-5-7-14-6-1-2-12(14)11(9)8-10/h3-4,8H,1-2,5-7,13H2/q+1. The van der Waals surface area contributed by atoms with E-state index < -0.39 is 0 Å². The molecule has 0 saturated heterocycles. The second-order valence-corrected chi connectivity index (χ2v) is 4.20. The van der Waals surface area contributed by atoms with Gasteiger partial charge in [-0.15, -0.1) is 0 Å². The number of rotatable bonds is 0. The van der Waals surface area contributed by atoms with Gasteiger partial charge in [0, 0.05) is 30.5 Å². The highest BCUT2D eigenvalue weighted by Crippen LogP contribution is 2.23. The van der Waals surface area contributed by atoms with Crippen molar-refractivity contribution in [2.24, 2.45) is 0 Å². The molecule has 0 atom stereocenters. The summed E-state index contributed by atoms with van der Waals surface area (Å²) in [7, 11) is 0. The molecule has 0 unspecified atom stereocenters. The minimum atomic E-state index is 0.894. The maximum Gasteiger partial charge on any atom is 0.183 e. The molecule has 0 spiro atoms. The van der Waals surface area contributed by atoms with E-state index in [4.69, 9.17) is 5.73 Å². The Morgan fingerprint density at radius 1 is 1.14 bits per heavy atom. The highest BCUT2D eigenvalue weighted by Gasteiger charge is 2.29. The van der Waals surface area contributed by atoms with E-state index in [0.717, 1.165) is 5.69 Å². The molecule has 1 aromatic rings. The molecular formula is C12H15N2+. The number of nitrogen functional groups attached to an aromatic ring is 1. The van der Waals surface area contributed by atoms with Gasteiger partial charge in [-0.05, 0) is 17.7 Å². The Kier molecular flexibility index (Phi) is 1.63. The Labute approximate surface area is 84.1 Å². The van der Waals surface area contributed by atoms with Crippen molar-refractivity contribution in [3.8, 4) is 0 Å². The molecule has 2 nitrogen and oxygen atoms in total. The molecule has 2 aliphatic heterocycles. The number of hydrogen-bond acceptors (Lipinski definition) is 1. The minimum Gasteiger partial charge on any atom is -0.399 e. The van der Waals surface area contributed by atoms with Gasteiger partial charge in [-0.1, -0.05) is 6.07 Å². The maximum atomic E-state index is 5.83. The number of nitrogens with zero attached hydrogens (tertiary/aromatic N) is 1. The van der Waals surface area contributed by atoms with Gasteiger partial charge >= 0.3 is 0 Å². The minimum absolute atomic E-state index is 0.894. The molecular weight excluding hydrogens is 172 g/mol. The topological polar surface area (TPSA) is 29.0 Å². The van der Waals surface area contributed by atoms with Crippen LogP contribution in [0.4, 0.5) is 5.69 Å². The van der Waals surface area contributed by atoms with Crippen LogP contribution in [0.5, 0.6) is 0 Å². The number of nitrogens with two attached hydrogens (primary N) is 1. The lowest BCUT2D eigenvalue weighted by atomic mass is 9.96. The monoisotopic (exact) mass is 187 g/mol. The fourth-order valence-electron chi connectivity index (χ4n) is 2.62. The summed E-state index contributed by atoms with van der Waals surface area (Å²) < 4.78 is 2.52. The first-order valence-electron chi connectivity index (χ1n) is 5.34. The smallest absolute Gasteiger partial charge is 0.183 e. The van der Waals surface area contributed by atoms with E-state index >= 15 is 0 Å². The van der Waals surface area contributed by atoms with E-state index in [-0.39, 0.29) is 0 Å². The average Bonchev–Trinajstić information content (AvgIpc) is 2.65. The summed E-state index contributed by atoms with van der Waals surface area (Å²) in [6.45, 7) is 2.44. The van der Waals surface area contributed by atoms with Crippen molar-refractivity contribution in [1.82, 2.24) is 0 Å². The second-order valence-electron chi connectivity index (χ2n) is 4.20. The summed E-state index contributed by atoms with van der Waals surface area (Å²) in [5, 5.41) is 0. The molecule has 3 rings (SSSR count). The van der Waals surface area contributed by atoms with Gasteiger partial charge in [0.05, 0.1) is 0 Å². The van der Waals surface area contributed by atoms with Crippen molar-refractivity contribution in [2.75, 3.05) is 18.8 Å². The molecule has 1 aromatic carbocycles. The van der Waals surface area contributed by atoms with E-state index in [9.17, 15) is 0 Å². The fraction of sp³-hybridized carbons (Fsp3) is 0.417. The largest absolute Gasteiger partial charge is 0.399 e. The van der Waals surface area contributed by atoms with Crippen LogP contribution in [0.3, 0.4) is 0 Å². The number of hydrogen-bond donors (Lipinski definition) is 1. The van der Waals surface area contributed by atoms with E-state index in [0.29, 0.717) is 0 Å². The molecule has 0 aliphatic carbocycles. The summed E-state index contributed by atoms with van der Waals surface area (Å²) in [4.78, 5) is 0. The summed E-state index contributed by atoms with van der Waals surface area (Å²) in [5.74, 6) is 0. The van der Waals surface area contributed by atoms with Gasteiger partial charge in [0.1, 0.15) is 13.1 Å². The third-order valence-corrected chi connectivity index (χ3v) is 3.32. The number of fused-ring (bicyclic) bond motifs is 2. The summed E-state index contributed by atoms with van der Waals surface area (Å²) >= 11 is 0. The summed E-state index contributed by atoms with van der Waals surface area (Å²) in [6, 6.07) is 6.35. The Balaban J connectivity index is 2.18. The van der Waals surface area contributed by atoms with Crippen LogP contribution in [0, 0.1) is 0 Å². The SMILES string of the molecule is Nc1ccc2c(c1)C1=[N+](CCC1)CC2. The van der Waals surface area contributed by atoms with Crippen molar-refractivity contribution >= 4 is 11.4 Å². The van der Waals surface area contributed by atoms with E-state index in [1.807, 2.05) is 6.07 Å². The Bertz CT molecular complexity index is 418. The van der Waals surface area contributed by atoms with E-state index in [2.05, 4.69) is 16.7 Å². The van der Waals surface area contributed by atoms with E-state index in [1.54, 1.807) is 0 Å². The van der Waals surface area contributed by atoms with Crippen LogP contribution in [0.1, 0.15) is 24.0 Å². The van der Waals surface area contributed by atoms with Crippen LogP contribution in [0.2, 0.25) is 0 Å². The van der Waals surface area contributed by atoms with Crippen LogP contribution in [0.15, 0.2) is 18.2 Å². The molecule has 0 radical (unpaired) electrons. The molecule has 2 heterocycles. The first-order valence-corrected chi connectivity index (χ1v) is 5.34. The predicted octanol–water partition coefficient (Wildman–Crippen LogP) is 1.42. The lowest BCUT2D eigenvalue weighted by molar-refractivity contribution is -0.520. The Morgan fingerprint density at radius 2 is 2.07 bits per heavy atom. The molecule has 0 fully saturated rings. The lowest BCUT2D eigenvalue weighted by Crippen LogP contribution is -2.25. The van der Waals surface area contributed by atoms with E-state index in [1.165, 1.54) is 49.2 Å². The molecule has 2 aliphatic rings. The van der Waals surface area contributed by atoms with Gasteiger partial charge in [-0.2, -0.15) is 0 Å². The van der Waals surface area contributed by atoms with Crippen molar-refractivity contribution in [1.29, 1.82) is 0 Å². The first kappa shape index (κ1) is 8.04. The van der Waals surface area contributed by atoms with Gasteiger partial charge in [0.15, 0.2) is 5.71 Å². The van der Waals surface area contributed by atoms with Gasteiger partial charge in [0.25, 0.3) is 0 Å². The van der Waals surface area contributed by atoms with Gasteiger partial charge in [-0.25, -0.2) is 4.58 Å². The predicted molar refractivity (Wildman–Crippen MR) is 57.9 cm³/mol. The molecule has 14 heavy (non-hydrogen) atoms. The molecule has 0 aromatic heterocycles. The molecule has 0 amide bonds. The maximum absolute atomic E-state index is 5.83. The van der Waals surface area contributed by atoms with Crippen molar-refractivity contribution < 1.29 is 4.58 Å². The number of benzene rings is 1. The Morgan fingerprint density at radius 3 is 3.00 bits per heavy atom. The second kappa shape index (κ2) is 2.84. The number of anilines is 1. The molecule has 2 heteroatoms. The van der Waals surface area contributed by atoms with Gasteiger partial charge < -0.3 is 5.73 Å². The normalized spacial score (nSPS) is 19.4. The zero-order valence-corrected chi connectivity index (χ0v) is 8.29. The quantitative estimate of drug-likeness (QED) is 0.483. The highest BCUT2D eigenvalue weighted by atomic mass is 15.0. The fourth-order valence-corrected chi connectivity index (χ4v) is 2.62. The molecule has 0 bridgehead atoms. The molecule has 0 saturated carbocycles. The van der Waals surface area contributed by atoms with Gasteiger partial charge in [-0.3, -0.25) is 0 Å². The third kappa shape index (κ3) is 1.07. The molecule has 72 valence electrons. The van der Waals surface area contributed by atoms with Gasteiger partial charge in [0.2, 0.25) is 0 Å². The molecule has 2 N–H and O–H groups in total. The van der Waals surface area contributed by atoms with Crippen LogP contribution in [-0.2, 0) is 6.42 Å². The average molecular weight is 187 g/mol. The summed E-state index contributed by atoms with van der Waals surface area (Å²) in [5.41, 5.74) is 11.1. The van der Waals surface area contributed by atoms with Crippen molar-refractivity contribution in [2.45, 2.75) is 19.3 Å².